The third-order valence-corrected chi connectivity index (χ3v) is 4.86. The third-order valence-electron chi connectivity index (χ3n) is 4.23. The van der Waals surface area contributed by atoms with Crippen molar-refractivity contribution >= 4 is 22.6 Å². The molecule has 152 valence electrons. The molecule has 8 heteroatoms. The van der Waals surface area contributed by atoms with Gasteiger partial charge in [-0.05, 0) is 41.8 Å². The van der Waals surface area contributed by atoms with Crippen LogP contribution in [0.1, 0.15) is 25.3 Å². The van der Waals surface area contributed by atoms with E-state index in [-0.39, 0.29) is 12.5 Å². The molecule has 29 heavy (non-hydrogen) atoms. The molecule has 3 aromatic rings. The molecule has 3 rings (SSSR count). The van der Waals surface area contributed by atoms with Crippen LogP contribution in [0.5, 0.6) is 17.2 Å². The van der Waals surface area contributed by atoms with Gasteiger partial charge < -0.3 is 14.2 Å². The number of hydrogen-bond acceptors (Lipinski definition) is 7. The van der Waals surface area contributed by atoms with Gasteiger partial charge in [0.2, 0.25) is 5.13 Å². The number of ether oxygens (including phenoxy) is 3. The van der Waals surface area contributed by atoms with Gasteiger partial charge >= 0.3 is 0 Å². The van der Waals surface area contributed by atoms with Crippen LogP contribution in [0.4, 0.5) is 5.13 Å². The highest BCUT2D eigenvalue weighted by atomic mass is 32.1. The standard InChI is InChI=1S/C21H23N3O4S/c1-13(2)14-5-8-16(9-6-14)28-12-19(25)22-21-23-20(24-29-21)15-7-10-17(26-3)18(11-15)27-4/h5-11,13H,12H2,1-4H3,(H,22,23,24,25). The monoisotopic (exact) mass is 413 g/mol. The molecule has 0 radical (unpaired) electrons. The lowest BCUT2D eigenvalue weighted by molar-refractivity contribution is -0.118. The number of rotatable bonds is 8. The van der Waals surface area contributed by atoms with Gasteiger partial charge in [0.15, 0.2) is 23.9 Å². The summed E-state index contributed by atoms with van der Waals surface area (Å²) in [4.78, 5) is 16.5. The average molecular weight is 413 g/mol. The summed E-state index contributed by atoms with van der Waals surface area (Å²) >= 11 is 1.10. The van der Waals surface area contributed by atoms with E-state index < -0.39 is 0 Å². The van der Waals surface area contributed by atoms with Crippen LogP contribution in [0, 0.1) is 0 Å². The van der Waals surface area contributed by atoms with Crippen molar-refractivity contribution in [2.45, 2.75) is 19.8 Å². The van der Waals surface area contributed by atoms with Gasteiger partial charge in [0.25, 0.3) is 5.91 Å². The maximum Gasteiger partial charge on any atom is 0.264 e. The van der Waals surface area contributed by atoms with Gasteiger partial charge in [0.1, 0.15) is 5.75 Å². The molecule has 2 aromatic carbocycles. The van der Waals surface area contributed by atoms with Crippen LogP contribution in [0.25, 0.3) is 11.4 Å². The number of nitrogens with one attached hydrogen (secondary N) is 1. The van der Waals surface area contributed by atoms with E-state index in [1.807, 2.05) is 30.3 Å². The smallest absolute Gasteiger partial charge is 0.264 e. The van der Waals surface area contributed by atoms with E-state index in [2.05, 4.69) is 28.5 Å². The summed E-state index contributed by atoms with van der Waals surface area (Å²) in [5, 5.41) is 3.11. The summed E-state index contributed by atoms with van der Waals surface area (Å²) in [5.74, 6) is 2.50. The van der Waals surface area contributed by atoms with E-state index in [0.717, 1.165) is 17.1 Å². The van der Waals surface area contributed by atoms with Crippen molar-refractivity contribution < 1.29 is 19.0 Å². The van der Waals surface area contributed by atoms with Crippen molar-refractivity contribution in [3.05, 3.63) is 48.0 Å². The molecule has 7 nitrogen and oxygen atoms in total. The predicted octanol–water partition coefficient (Wildman–Crippen LogP) is 4.36. The molecule has 0 bridgehead atoms. The van der Waals surface area contributed by atoms with Crippen LogP contribution in [0.15, 0.2) is 42.5 Å². The number of nitrogens with zero attached hydrogens (tertiary/aromatic N) is 2. The summed E-state index contributed by atoms with van der Waals surface area (Å²) in [6, 6.07) is 13.1. The predicted molar refractivity (Wildman–Crippen MR) is 113 cm³/mol. The summed E-state index contributed by atoms with van der Waals surface area (Å²) in [7, 11) is 3.14. The molecule has 0 saturated carbocycles. The Morgan fingerprint density at radius 3 is 2.45 bits per heavy atom. The number of hydrogen-bond donors (Lipinski definition) is 1. The fourth-order valence-corrected chi connectivity index (χ4v) is 3.23. The first-order valence-corrected chi connectivity index (χ1v) is 9.86. The molecule has 0 atom stereocenters. The second-order valence-corrected chi connectivity index (χ2v) is 7.31. The van der Waals surface area contributed by atoms with E-state index in [1.54, 1.807) is 26.4 Å². The number of aromatic nitrogens is 2. The van der Waals surface area contributed by atoms with Gasteiger partial charge in [-0.2, -0.15) is 9.36 Å². The normalized spacial score (nSPS) is 10.7. The number of anilines is 1. The van der Waals surface area contributed by atoms with Gasteiger partial charge in [-0.15, -0.1) is 0 Å². The first kappa shape index (κ1) is 20.6. The molecule has 1 heterocycles. The van der Waals surface area contributed by atoms with Crippen LogP contribution in [0.3, 0.4) is 0 Å². The van der Waals surface area contributed by atoms with Gasteiger partial charge in [-0.1, -0.05) is 26.0 Å². The Morgan fingerprint density at radius 2 is 1.79 bits per heavy atom. The number of carbonyl (C=O) groups is 1. The lowest BCUT2D eigenvalue weighted by atomic mass is 10.0. The Balaban J connectivity index is 1.59. The zero-order valence-corrected chi connectivity index (χ0v) is 17.6. The molecule has 0 aliphatic heterocycles. The molecule has 1 amide bonds. The maximum absolute atomic E-state index is 12.2. The molecule has 0 aliphatic rings. The molecular weight excluding hydrogens is 390 g/mol. The Kier molecular flexibility index (Phi) is 6.66. The van der Waals surface area contributed by atoms with Gasteiger partial charge in [-0.25, -0.2) is 0 Å². The third kappa shape index (κ3) is 5.23. The Bertz CT molecular complexity index is 970. The number of carbonyl (C=O) groups excluding carboxylic acids is 1. The molecule has 0 saturated heterocycles. The highest BCUT2D eigenvalue weighted by Gasteiger charge is 2.13. The van der Waals surface area contributed by atoms with Crippen LogP contribution in [-0.2, 0) is 4.79 Å². The number of amides is 1. The highest BCUT2D eigenvalue weighted by Crippen LogP contribution is 2.32. The summed E-state index contributed by atoms with van der Waals surface area (Å²) in [5.41, 5.74) is 1.99. The van der Waals surface area contributed by atoms with Crippen molar-refractivity contribution in [1.82, 2.24) is 9.36 Å². The number of benzene rings is 2. The molecule has 0 unspecified atom stereocenters. The Hall–Kier alpha value is -3.13. The van der Waals surface area contributed by atoms with E-state index in [0.29, 0.717) is 34.1 Å². The molecule has 0 fully saturated rings. The van der Waals surface area contributed by atoms with Crippen molar-refractivity contribution in [2.75, 3.05) is 26.1 Å². The summed E-state index contributed by atoms with van der Waals surface area (Å²) in [6.45, 7) is 4.15. The Labute approximate surface area is 173 Å². The molecular formula is C21H23N3O4S. The fraction of sp³-hybridized carbons (Fsp3) is 0.286. The van der Waals surface area contributed by atoms with Gasteiger partial charge in [-0.3, -0.25) is 10.1 Å². The molecule has 1 N–H and O–H groups in total. The van der Waals surface area contributed by atoms with E-state index >= 15 is 0 Å². The van der Waals surface area contributed by atoms with Crippen molar-refractivity contribution in [3.8, 4) is 28.6 Å². The van der Waals surface area contributed by atoms with Crippen LogP contribution in [0.2, 0.25) is 0 Å². The first-order valence-electron chi connectivity index (χ1n) is 9.09. The average Bonchev–Trinajstić information content (AvgIpc) is 3.20. The molecule has 0 spiro atoms. The van der Waals surface area contributed by atoms with Crippen molar-refractivity contribution in [2.24, 2.45) is 0 Å². The lowest BCUT2D eigenvalue weighted by Gasteiger charge is -2.08. The first-order chi connectivity index (χ1) is 14.0. The van der Waals surface area contributed by atoms with E-state index in [4.69, 9.17) is 14.2 Å². The highest BCUT2D eigenvalue weighted by molar-refractivity contribution is 7.10. The lowest BCUT2D eigenvalue weighted by Crippen LogP contribution is -2.20. The SMILES string of the molecule is COc1ccc(-c2nsc(NC(=O)COc3ccc(C(C)C)cc3)n2)cc1OC. The molecule has 0 aliphatic carbocycles. The van der Waals surface area contributed by atoms with E-state index in [9.17, 15) is 4.79 Å². The topological polar surface area (TPSA) is 82.6 Å². The zero-order valence-electron chi connectivity index (χ0n) is 16.8. The van der Waals surface area contributed by atoms with E-state index in [1.165, 1.54) is 5.56 Å². The largest absolute Gasteiger partial charge is 0.493 e. The fourth-order valence-electron chi connectivity index (χ4n) is 2.62. The minimum atomic E-state index is -0.298. The summed E-state index contributed by atoms with van der Waals surface area (Å²) in [6.07, 6.45) is 0. The van der Waals surface area contributed by atoms with Gasteiger partial charge in [0, 0.05) is 17.1 Å². The van der Waals surface area contributed by atoms with Crippen LogP contribution >= 0.6 is 11.5 Å². The minimum absolute atomic E-state index is 0.105. The minimum Gasteiger partial charge on any atom is -0.493 e. The van der Waals surface area contributed by atoms with Crippen molar-refractivity contribution in [3.63, 3.8) is 0 Å². The zero-order chi connectivity index (χ0) is 20.8. The maximum atomic E-state index is 12.2. The second kappa shape index (κ2) is 9.38. The van der Waals surface area contributed by atoms with Crippen LogP contribution < -0.4 is 19.5 Å². The van der Waals surface area contributed by atoms with Crippen molar-refractivity contribution in [1.29, 1.82) is 0 Å². The van der Waals surface area contributed by atoms with Gasteiger partial charge in [0.05, 0.1) is 14.2 Å². The number of methoxy groups -OCH3 is 2. The Morgan fingerprint density at radius 1 is 1.07 bits per heavy atom. The quantitative estimate of drug-likeness (QED) is 0.591. The van der Waals surface area contributed by atoms with Crippen LogP contribution in [-0.4, -0.2) is 36.1 Å². The second-order valence-electron chi connectivity index (χ2n) is 6.55. The summed E-state index contributed by atoms with van der Waals surface area (Å²) < 4.78 is 20.4. The molecule has 1 aromatic heterocycles.